The average molecular weight is 83.1 g/mol. The van der Waals surface area contributed by atoms with Crippen LogP contribution in [0, 0.1) is 11.8 Å². The Kier molecular flexibility index (Phi) is 1.91. The van der Waals surface area contributed by atoms with Crippen molar-refractivity contribution in [2.75, 3.05) is 0 Å². The van der Waals surface area contributed by atoms with Crippen LogP contribution >= 0.6 is 0 Å². The van der Waals surface area contributed by atoms with Crippen LogP contribution in [0.3, 0.4) is 0 Å². The lowest BCUT2D eigenvalue weighted by molar-refractivity contribution is -0.112. The second kappa shape index (κ2) is 2.28. The molecule has 0 spiro atoms. The van der Waals surface area contributed by atoms with E-state index in [0.717, 1.165) is 0 Å². The van der Waals surface area contributed by atoms with Crippen molar-refractivity contribution in [2.45, 2.75) is 6.92 Å². The van der Waals surface area contributed by atoms with Gasteiger partial charge in [0.2, 0.25) is 0 Å². The van der Waals surface area contributed by atoms with E-state index in [9.17, 15) is 4.79 Å². The van der Waals surface area contributed by atoms with Gasteiger partial charge in [0.1, 0.15) is 0 Å². The van der Waals surface area contributed by atoms with E-state index in [-0.39, 0.29) is 0 Å². The second-order valence-electron chi connectivity index (χ2n) is 0.739. The molecule has 0 unspecified atom stereocenters. The summed E-state index contributed by atoms with van der Waals surface area (Å²) in [4.78, 5) is 9.65. The molecule has 0 aromatic rings. The Bertz CT molecular complexity index is 106. The van der Waals surface area contributed by atoms with Crippen LogP contribution in [0.2, 0.25) is 0 Å². The number of primary amides is 1. The number of rotatable bonds is 0. The molecule has 0 aliphatic heterocycles. The maximum atomic E-state index is 9.65. The SMILES string of the molecule is CC#CC(N)=O. The molecule has 2 N–H and O–H groups in total. The van der Waals surface area contributed by atoms with Crippen LogP contribution in [-0.4, -0.2) is 5.91 Å². The molecule has 0 aromatic heterocycles. The molecule has 0 aliphatic carbocycles. The zero-order valence-corrected chi connectivity index (χ0v) is 3.49. The number of hydrogen-bond donors (Lipinski definition) is 1. The summed E-state index contributed by atoms with van der Waals surface area (Å²) in [5.41, 5.74) is 4.59. The topological polar surface area (TPSA) is 43.1 Å². The first-order valence-corrected chi connectivity index (χ1v) is 1.49. The summed E-state index contributed by atoms with van der Waals surface area (Å²) >= 11 is 0. The normalized spacial score (nSPS) is 5.50. The lowest BCUT2D eigenvalue weighted by atomic mass is 10.6. The third kappa shape index (κ3) is 3.03. The fourth-order valence-electron chi connectivity index (χ4n) is 0.123. The van der Waals surface area contributed by atoms with Gasteiger partial charge >= 0.3 is 0 Å². The molecule has 0 saturated carbocycles. The summed E-state index contributed by atoms with van der Waals surface area (Å²) in [5.74, 6) is 3.87. The fourth-order valence-corrected chi connectivity index (χ4v) is 0.123. The van der Waals surface area contributed by atoms with Crippen LogP contribution in [0.25, 0.3) is 0 Å². The van der Waals surface area contributed by atoms with E-state index in [4.69, 9.17) is 0 Å². The zero-order valence-electron chi connectivity index (χ0n) is 3.49. The molecule has 0 radical (unpaired) electrons. The number of carbonyl (C=O) groups is 1. The fraction of sp³-hybridized carbons (Fsp3) is 0.250. The summed E-state index contributed by atoms with van der Waals surface area (Å²) in [6.45, 7) is 1.56. The highest BCUT2D eigenvalue weighted by Gasteiger charge is 1.72. The van der Waals surface area contributed by atoms with Gasteiger partial charge in [0.25, 0.3) is 5.91 Å². The molecule has 2 heteroatoms. The molecular formula is C4H5NO. The number of carbonyl (C=O) groups excluding carboxylic acids is 1. The van der Waals surface area contributed by atoms with Crippen LogP contribution in [0.1, 0.15) is 6.92 Å². The van der Waals surface area contributed by atoms with E-state index in [0.29, 0.717) is 0 Å². The highest BCUT2D eigenvalue weighted by atomic mass is 16.1. The Hall–Kier alpha value is -0.970. The van der Waals surface area contributed by atoms with Gasteiger partial charge in [-0.05, 0) is 12.8 Å². The minimum atomic E-state index is -0.572. The minimum Gasteiger partial charge on any atom is -0.359 e. The van der Waals surface area contributed by atoms with Gasteiger partial charge in [-0.15, -0.1) is 0 Å². The molecule has 2 nitrogen and oxygen atoms in total. The summed E-state index contributed by atoms with van der Waals surface area (Å²) in [6, 6.07) is 0. The lowest BCUT2D eigenvalue weighted by Gasteiger charge is -1.64. The van der Waals surface area contributed by atoms with Gasteiger partial charge in [-0.25, -0.2) is 0 Å². The Morgan fingerprint density at radius 1 is 1.83 bits per heavy atom. The van der Waals surface area contributed by atoms with Crippen molar-refractivity contribution in [2.24, 2.45) is 5.73 Å². The van der Waals surface area contributed by atoms with Gasteiger partial charge in [0.15, 0.2) is 0 Å². The molecule has 0 atom stereocenters. The molecule has 6 heavy (non-hydrogen) atoms. The lowest BCUT2D eigenvalue weighted by Crippen LogP contribution is -2.05. The van der Waals surface area contributed by atoms with Crippen molar-refractivity contribution in [3.05, 3.63) is 0 Å². The smallest absolute Gasteiger partial charge is 0.293 e. The van der Waals surface area contributed by atoms with E-state index in [1.54, 1.807) is 6.92 Å². The standard InChI is InChI=1S/C4H5NO/c1-2-3-4(5)6/h1H3,(H2,5,6). The van der Waals surface area contributed by atoms with Crippen molar-refractivity contribution in [1.82, 2.24) is 0 Å². The highest BCUT2D eigenvalue weighted by Crippen LogP contribution is 1.46. The third-order valence-electron chi connectivity index (χ3n) is 0.248. The van der Waals surface area contributed by atoms with Crippen LogP contribution in [0.5, 0.6) is 0 Å². The van der Waals surface area contributed by atoms with Crippen LogP contribution in [0.15, 0.2) is 0 Å². The summed E-state index contributed by atoms with van der Waals surface area (Å²) in [6.07, 6.45) is 0. The van der Waals surface area contributed by atoms with Crippen LogP contribution in [0.4, 0.5) is 0 Å². The number of hydrogen-bond acceptors (Lipinski definition) is 1. The van der Waals surface area contributed by atoms with Gasteiger partial charge in [-0.2, -0.15) is 0 Å². The highest BCUT2D eigenvalue weighted by molar-refractivity contribution is 5.91. The van der Waals surface area contributed by atoms with Gasteiger partial charge in [-0.3, -0.25) is 4.79 Å². The molecular weight excluding hydrogens is 78.0 g/mol. The van der Waals surface area contributed by atoms with Gasteiger partial charge in [-0.1, -0.05) is 5.92 Å². The first kappa shape index (κ1) is 5.03. The summed E-state index contributed by atoms with van der Waals surface area (Å²) in [7, 11) is 0. The molecule has 0 bridgehead atoms. The summed E-state index contributed by atoms with van der Waals surface area (Å²) < 4.78 is 0. The first-order valence-electron chi connectivity index (χ1n) is 1.49. The summed E-state index contributed by atoms with van der Waals surface area (Å²) in [5, 5.41) is 0. The van der Waals surface area contributed by atoms with Crippen molar-refractivity contribution >= 4 is 5.91 Å². The largest absolute Gasteiger partial charge is 0.359 e. The number of amides is 1. The van der Waals surface area contributed by atoms with Crippen molar-refractivity contribution in [3.8, 4) is 11.8 Å². The van der Waals surface area contributed by atoms with Gasteiger partial charge in [0.05, 0.1) is 0 Å². The Balaban J connectivity index is 3.50. The maximum Gasteiger partial charge on any atom is 0.293 e. The van der Waals surface area contributed by atoms with Crippen molar-refractivity contribution in [3.63, 3.8) is 0 Å². The monoisotopic (exact) mass is 83.0 g/mol. The Morgan fingerprint density at radius 2 is 2.33 bits per heavy atom. The van der Waals surface area contributed by atoms with Crippen molar-refractivity contribution < 1.29 is 4.79 Å². The van der Waals surface area contributed by atoms with E-state index < -0.39 is 5.91 Å². The minimum absolute atomic E-state index is 0.572. The van der Waals surface area contributed by atoms with Gasteiger partial charge < -0.3 is 5.73 Å². The average Bonchev–Trinajstić information content (AvgIpc) is 1.35. The van der Waals surface area contributed by atoms with Gasteiger partial charge in [0, 0.05) is 0 Å². The molecule has 0 aromatic carbocycles. The maximum absolute atomic E-state index is 9.65. The predicted molar refractivity (Wildman–Crippen MR) is 22.6 cm³/mol. The first-order chi connectivity index (χ1) is 2.77. The van der Waals surface area contributed by atoms with E-state index in [1.807, 2.05) is 0 Å². The van der Waals surface area contributed by atoms with Crippen LogP contribution < -0.4 is 5.73 Å². The van der Waals surface area contributed by atoms with Crippen LogP contribution in [-0.2, 0) is 4.79 Å². The quantitative estimate of drug-likeness (QED) is 0.394. The molecule has 1 amide bonds. The number of nitrogens with two attached hydrogens (primary N) is 1. The van der Waals surface area contributed by atoms with E-state index in [1.165, 1.54) is 0 Å². The Labute approximate surface area is 36.3 Å². The molecule has 32 valence electrons. The molecule has 0 rings (SSSR count). The molecule has 0 aliphatic rings. The zero-order chi connectivity index (χ0) is 4.99. The van der Waals surface area contributed by atoms with E-state index >= 15 is 0 Å². The van der Waals surface area contributed by atoms with E-state index in [2.05, 4.69) is 17.6 Å². The second-order valence-corrected chi connectivity index (χ2v) is 0.739. The third-order valence-corrected chi connectivity index (χ3v) is 0.248. The molecule has 0 heterocycles. The molecule has 0 saturated heterocycles. The van der Waals surface area contributed by atoms with Crippen molar-refractivity contribution in [1.29, 1.82) is 0 Å². The predicted octanol–water partition coefficient (Wildman–Crippen LogP) is -0.505. The molecule has 0 fully saturated rings. The Morgan fingerprint density at radius 3 is 2.33 bits per heavy atom.